The van der Waals surface area contributed by atoms with E-state index in [-0.39, 0.29) is 22.8 Å². The molecule has 0 atom stereocenters. The van der Waals surface area contributed by atoms with Gasteiger partial charge < -0.3 is 11.1 Å². The summed E-state index contributed by atoms with van der Waals surface area (Å²) in [5.74, 6) is -0.262. The topological polar surface area (TPSA) is 114 Å². The zero-order chi connectivity index (χ0) is 12.3. The molecule has 2 aromatic heterocycles. The van der Waals surface area contributed by atoms with E-state index in [0.29, 0.717) is 0 Å². The number of rotatable bonds is 2. The van der Waals surface area contributed by atoms with Gasteiger partial charge >= 0.3 is 0 Å². The van der Waals surface area contributed by atoms with Gasteiger partial charge in [0.2, 0.25) is 0 Å². The number of hydrogen-bond acceptors (Lipinski definition) is 5. The second kappa shape index (κ2) is 4.44. The zero-order valence-electron chi connectivity index (χ0n) is 8.68. The first-order chi connectivity index (χ1) is 8.16. The molecule has 1 amide bonds. The van der Waals surface area contributed by atoms with E-state index >= 15 is 0 Å². The molecule has 0 fully saturated rings. The number of nitrogen functional groups attached to an aromatic ring is 1. The van der Waals surface area contributed by atoms with Crippen molar-refractivity contribution < 1.29 is 4.79 Å². The molecule has 7 nitrogen and oxygen atoms in total. The Morgan fingerprint density at radius 1 is 1.35 bits per heavy atom. The molecule has 86 valence electrons. The molecule has 0 radical (unpaired) electrons. The fourth-order valence-corrected chi connectivity index (χ4v) is 1.20. The monoisotopic (exact) mass is 231 g/mol. The minimum atomic E-state index is -0.484. The largest absolute Gasteiger partial charge is 0.397 e. The Balaban J connectivity index is 2.20. The quantitative estimate of drug-likeness (QED) is 0.673. The number of nitrogens with two attached hydrogens (primary N) is 1. The average Bonchev–Trinajstić information content (AvgIpc) is 2.32. The summed E-state index contributed by atoms with van der Waals surface area (Å²) in [6.07, 6.45) is 1.46. The van der Waals surface area contributed by atoms with Gasteiger partial charge in [0.1, 0.15) is 0 Å². The lowest BCUT2D eigenvalue weighted by Crippen LogP contribution is -2.18. The van der Waals surface area contributed by atoms with E-state index in [1.807, 2.05) is 0 Å². The average molecular weight is 231 g/mol. The molecule has 0 aliphatic heterocycles. The summed E-state index contributed by atoms with van der Waals surface area (Å²) in [7, 11) is 0. The number of H-pyrrole nitrogens is 1. The number of pyridine rings is 1. The molecule has 4 N–H and O–H groups in total. The summed E-state index contributed by atoms with van der Waals surface area (Å²) < 4.78 is 0. The van der Waals surface area contributed by atoms with Gasteiger partial charge in [-0.1, -0.05) is 0 Å². The molecule has 0 aliphatic rings. The second-order valence-corrected chi connectivity index (χ2v) is 3.20. The smallest absolute Gasteiger partial charge is 0.277 e. The molecule has 0 spiro atoms. The standard InChI is InChI=1S/C10H9N5O2/c11-6-2-1-5-12-9(6)10(17)13-7-3-4-8(16)15-14-7/h1-5H,11H2,(H,15,16)(H,13,14,17). The van der Waals surface area contributed by atoms with Crippen LogP contribution in [0.25, 0.3) is 0 Å². The van der Waals surface area contributed by atoms with Crippen molar-refractivity contribution in [3.05, 3.63) is 46.5 Å². The lowest BCUT2D eigenvalue weighted by molar-refractivity contribution is 0.102. The normalized spacial score (nSPS) is 9.88. The predicted octanol–water partition coefficient (Wildman–Crippen LogP) is -0.000600. The highest BCUT2D eigenvalue weighted by atomic mass is 16.2. The maximum absolute atomic E-state index is 11.7. The SMILES string of the molecule is Nc1cccnc1C(=O)Nc1ccc(=O)[nH]n1. The van der Waals surface area contributed by atoms with Crippen molar-refractivity contribution in [2.45, 2.75) is 0 Å². The molecule has 0 saturated carbocycles. The van der Waals surface area contributed by atoms with Gasteiger partial charge in [0, 0.05) is 12.3 Å². The Kier molecular flexibility index (Phi) is 2.82. The van der Waals surface area contributed by atoms with Crippen LogP contribution < -0.4 is 16.6 Å². The molecule has 0 unspecified atom stereocenters. The fourth-order valence-electron chi connectivity index (χ4n) is 1.20. The molecule has 17 heavy (non-hydrogen) atoms. The van der Waals surface area contributed by atoms with Gasteiger partial charge in [0.05, 0.1) is 5.69 Å². The van der Waals surface area contributed by atoms with Crippen LogP contribution in [0.1, 0.15) is 10.5 Å². The summed E-state index contributed by atoms with van der Waals surface area (Å²) in [5, 5.41) is 8.30. The summed E-state index contributed by atoms with van der Waals surface area (Å²) in [4.78, 5) is 26.4. The van der Waals surface area contributed by atoms with E-state index in [1.54, 1.807) is 12.1 Å². The third-order valence-electron chi connectivity index (χ3n) is 1.97. The molecule has 2 heterocycles. The minimum Gasteiger partial charge on any atom is -0.397 e. The van der Waals surface area contributed by atoms with Gasteiger partial charge in [-0.05, 0) is 18.2 Å². The zero-order valence-corrected chi connectivity index (χ0v) is 8.68. The Bertz CT molecular complexity index is 587. The van der Waals surface area contributed by atoms with E-state index in [1.165, 1.54) is 18.3 Å². The summed E-state index contributed by atoms with van der Waals surface area (Å²) in [6, 6.07) is 5.84. The van der Waals surface area contributed by atoms with E-state index in [4.69, 9.17) is 5.73 Å². The van der Waals surface area contributed by atoms with Crippen molar-refractivity contribution in [2.75, 3.05) is 11.1 Å². The third-order valence-corrected chi connectivity index (χ3v) is 1.97. The maximum Gasteiger partial charge on any atom is 0.277 e. The molecule has 0 saturated heterocycles. The van der Waals surface area contributed by atoms with Crippen molar-refractivity contribution in [3.63, 3.8) is 0 Å². The van der Waals surface area contributed by atoms with Crippen molar-refractivity contribution in [3.8, 4) is 0 Å². The third kappa shape index (κ3) is 2.46. The van der Waals surface area contributed by atoms with E-state index < -0.39 is 5.91 Å². The molecule has 2 aromatic rings. The first kappa shape index (κ1) is 10.8. The van der Waals surface area contributed by atoms with E-state index in [9.17, 15) is 9.59 Å². The summed E-state index contributed by atoms with van der Waals surface area (Å²) in [6.45, 7) is 0. The fraction of sp³-hybridized carbons (Fsp3) is 0. The lowest BCUT2D eigenvalue weighted by atomic mass is 10.3. The van der Waals surface area contributed by atoms with Crippen LogP contribution >= 0.6 is 0 Å². The van der Waals surface area contributed by atoms with Crippen molar-refractivity contribution in [2.24, 2.45) is 0 Å². The Labute approximate surface area is 95.7 Å². The Morgan fingerprint density at radius 2 is 2.18 bits per heavy atom. The molecule has 0 aliphatic carbocycles. The van der Waals surface area contributed by atoms with Crippen LogP contribution in [0.15, 0.2) is 35.3 Å². The predicted molar refractivity (Wildman–Crippen MR) is 61.5 cm³/mol. The Hall–Kier alpha value is -2.70. The van der Waals surface area contributed by atoms with Crippen LogP contribution in [0, 0.1) is 0 Å². The van der Waals surface area contributed by atoms with E-state index in [0.717, 1.165) is 0 Å². The van der Waals surface area contributed by atoms with Crippen LogP contribution in [0.5, 0.6) is 0 Å². The number of anilines is 2. The molecule has 7 heteroatoms. The van der Waals surface area contributed by atoms with Crippen LogP contribution in [-0.2, 0) is 0 Å². The highest BCUT2D eigenvalue weighted by molar-refractivity contribution is 6.05. The number of hydrogen-bond donors (Lipinski definition) is 3. The number of nitrogens with one attached hydrogen (secondary N) is 2. The minimum absolute atomic E-state index is 0.112. The van der Waals surface area contributed by atoms with Gasteiger partial charge in [-0.3, -0.25) is 9.59 Å². The number of carbonyl (C=O) groups is 1. The number of amides is 1. The van der Waals surface area contributed by atoms with Gasteiger partial charge in [0.25, 0.3) is 11.5 Å². The highest BCUT2D eigenvalue weighted by Crippen LogP contribution is 2.08. The number of nitrogens with zero attached hydrogens (tertiary/aromatic N) is 2. The molecular formula is C10H9N5O2. The van der Waals surface area contributed by atoms with Crippen LogP contribution in [-0.4, -0.2) is 21.1 Å². The number of aromatic amines is 1. The Morgan fingerprint density at radius 3 is 2.82 bits per heavy atom. The first-order valence-corrected chi connectivity index (χ1v) is 4.74. The first-order valence-electron chi connectivity index (χ1n) is 4.74. The molecule has 0 aromatic carbocycles. The van der Waals surface area contributed by atoms with Crippen LogP contribution in [0.3, 0.4) is 0 Å². The van der Waals surface area contributed by atoms with E-state index in [2.05, 4.69) is 20.5 Å². The maximum atomic E-state index is 11.7. The summed E-state index contributed by atoms with van der Waals surface area (Å²) in [5.41, 5.74) is 5.63. The lowest BCUT2D eigenvalue weighted by Gasteiger charge is -2.04. The van der Waals surface area contributed by atoms with Crippen molar-refractivity contribution in [1.82, 2.24) is 15.2 Å². The van der Waals surface area contributed by atoms with Gasteiger partial charge in [-0.15, -0.1) is 0 Å². The number of aromatic nitrogens is 3. The van der Waals surface area contributed by atoms with Crippen molar-refractivity contribution >= 4 is 17.4 Å². The van der Waals surface area contributed by atoms with Gasteiger partial charge in [-0.2, -0.15) is 5.10 Å². The molecular weight excluding hydrogens is 222 g/mol. The van der Waals surface area contributed by atoms with Crippen molar-refractivity contribution in [1.29, 1.82) is 0 Å². The van der Waals surface area contributed by atoms with Crippen LogP contribution in [0.4, 0.5) is 11.5 Å². The second-order valence-electron chi connectivity index (χ2n) is 3.20. The molecule has 2 rings (SSSR count). The van der Waals surface area contributed by atoms with Crippen LogP contribution in [0.2, 0.25) is 0 Å². The summed E-state index contributed by atoms with van der Waals surface area (Å²) >= 11 is 0. The highest BCUT2D eigenvalue weighted by Gasteiger charge is 2.11. The van der Waals surface area contributed by atoms with Gasteiger partial charge in [0.15, 0.2) is 11.5 Å². The number of carbonyl (C=O) groups excluding carboxylic acids is 1. The van der Waals surface area contributed by atoms with Gasteiger partial charge in [-0.25, -0.2) is 10.1 Å². The molecule has 0 bridgehead atoms.